The molecule has 0 radical (unpaired) electrons. The zero-order chi connectivity index (χ0) is 14.3. The first-order chi connectivity index (χ1) is 9.02. The number of carbonyl (C=O) groups excluding carboxylic acids is 1. The van der Waals surface area contributed by atoms with E-state index in [1.54, 1.807) is 0 Å². The number of nitrogens with one attached hydrogen (secondary N) is 1. The van der Waals surface area contributed by atoms with Gasteiger partial charge in [0.25, 0.3) is 0 Å². The molecule has 1 aliphatic heterocycles. The highest BCUT2D eigenvalue weighted by molar-refractivity contribution is 5.76. The zero-order valence-corrected chi connectivity index (χ0v) is 12.8. The van der Waals surface area contributed by atoms with E-state index >= 15 is 0 Å². The lowest BCUT2D eigenvalue weighted by molar-refractivity contribution is -0.122. The molecule has 1 saturated heterocycles. The molecule has 0 aromatic heterocycles. The minimum atomic E-state index is 0.220. The van der Waals surface area contributed by atoms with Gasteiger partial charge in [0, 0.05) is 12.5 Å². The van der Waals surface area contributed by atoms with Gasteiger partial charge in [-0.15, -0.1) is 0 Å². The molecule has 0 aromatic rings. The number of nitrogens with zero attached hydrogens (tertiary/aromatic N) is 1. The molecule has 1 heterocycles. The van der Waals surface area contributed by atoms with Gasteiger partial charge in [-0.3, -0.25) is 4.79 Å². The maximum Gasteiger partial charge on any atom is 0.220 e. The quantitative estimate of drug-likeness (QED) is 0.738. The van der Waals surface area contributed by atoms with E-state index in [2.05, 4.69) is 31.1 Å². The van der Waals surface area contributed by atoms with Crippen LogP contribution in [0.5, 0.6) is 0 Å². The molecule has 0 aromatic carbocycles. The molecule has 0 bridgehead atoms. The summed E-state index contributed by atoms with van der Waals surface area (Å²) < 4.78 is 0. The molecule has 3 N–H and O–H groups in total. The maximum absolute atomic E-state index is 12.0. The van der Waals surface area contributed by atoms with E-state index in [9.17, 15) is 4.79 Å². The van der Waals surface area contributed by atoms with Crippen LogP contribution in [-0.2, 0) is 4.79 Å². The highest BCUT2D eigenvalue weighted by atomic mass is 16.1. The lowest BCUT2D eigenvalue weighted by Gasteiger charge is -2.29. The van der Waals surface area contributed by atoms with Crippen molar-refractivity contribution in [1.82, 2.24) is 10.2 Å². The number of hydrogen-bond donors (Lipinski definition) is 2. The van der Waals surface area contributed by atoms with Gasteiger partial charge in [-0.1, -0.05) is 13.8 Å². The van der Waals surface area contributed by atoms with Crippen LogP contribution in [0.1, 0.15) is 46.0 Å². The third kappa shape index (κ3) is 6.39. The van der Waals surface area contributed by atoms with E-state index < -0.39 is 0 Å². The van der Waals surface area contributed by atoms with E-state index in [0.717, 1.165) is 45.3 Å². The summed E-state index contributed by atoms with van der Waals surface area (Å²) in [4.78, 5) is 14.3. The summed E-state index contributed by atoms with van der Waals surface area (Å²) in [6, 6.07) is 0.385. The van der Waals surface area contributed by atoms with Crippen molar-refractivity contribution in [3.8, 4) is 0 Å². The van der Waals surface area contributed by atoms with Crippen LogP contribution in [0.25, 0.3) is 0 Å². The monoisotopic (exact) mass is 269 g/mol. The molecule has 1 fully saturated rings. The van der Waals surface area contributed by atoms with Crippen LogP contribution >= 0.6 is 0 Å². The molecular weight excluding hydrogens is 238 g/mol. The van der Waals surface area contributed by atoms with Crippen LogP contribution in [0, 0.1) is 11.8 Å². The van der Waals surface area contributed by atoms with E-state index in [1.807, 2.05) is 0 Å². The molecule has 19 heavy (non-hydrogen) atoms. The van der Waals surface area contributed by atoms with Gasteiger partial charge in [0.1, 0.15) is 0 Å². The average Bonchev–Trinajstić information content (AvgIpc) is 2.37. The first-order valence-corrected chi connectivity index (χ1v) is 7.71. The summed E-state index contributed by atoms with van der Waals surface area (Å²) in [7, 11) is 2.14. The van der Waals surface area contributed by atoms with Crippen molar-refractivity contribution in [1.29, 1.82) is 0 Å². The Morgan fingerprint density at radius 3 is 2.47 bits per heavy atom. The molecule has 112 valence electrons. The zero-order valence-electron chi connectivity index (χ0n) is 12.8. The summed E-state index contributed by atoms with van der Waals surface area (Å²) in [6.45, 7) is 7.34. The van der Waals surface area contributed by atoms with Crippen molar-refractivity contribution < 1.29 is 4.79 Å². The number of likely N-dealkylation sites (tertiary alicyclic amines) is 1. The lowest BCUT2D eigenvalue weighted by atomic mass is 9.88. The molecule has 4 nitrogen and oxygen atoms in total. The van der Waals surface area contributed by atoms with Crippen LogP contribution in [-0.4, -0.2) is 43.5 Å². The lowest BCUT2D eigenvalue weighted by Crippen LogP contribution is -2.43. The molecule has 1 aliphatic rings. The van der Waals surface area contributed by atoms with E-state index in [4.69, 9.17) is 5.73 Å². The highest BCUT2D eigenvalue weighted by Gasteiger charge is 2.19. The number of piperidine rings is 1. The van der Waals surface area contributed by atoms with E-state index in [1.165, 1.54) is 0 Å². The van der Waals surface area contributed by atoms with Crippen molar-refractivity contribution in [2.45, 2.75) is 52.0 Å². The van der Waals surface area contributed by atoms with Gasteiger partial charge in [0.05, 0.1) is 0 Å². The molecule has 0 saturated carbocycles. The Balaban J connectivity index is 2.23. The summed E-state index contributed by atoms with van der Waals surface area (Å²) in [5, 5.41) is 3.18. The number of carbonyl (C=O) groups is 1. The Labute approximate surface area is 118 Å². The van der Waals surface area contributed by atoms with Crippen molar-refractivity contribution in [3.63, 3.8) is 0 Å². The van der Waals surface area contributed by atoms with Gasteiger partial charge in [-0.25, -0.2) is 0 Å². The normalized spacial score (nSPS) is 19.6. The van der Waals surface area contributed by atoms with Crippen molar-refractivity contribution >= 4 is 5.91 Å². The number of rotatable bonds is 7. The minimum absolute atomic E-state index is 0.220. The van der Waals surface area contributed by atoms with Gasteiger partial charge < -0.3 is 16.0 Å². The van der Waals surface area contributed by atoms with E-state index in [-0.39, 0.29) is 5.91 Å². The van der Waals surface area contributed by atoms with Gasteiger partial charge in [-0.2, -0.15) is 0 Å². The van der Waals surface area contributed by atoms with E-state index in [0.29, 0.717) is 24.3 Å². The second-order valence-electron chi connectivity index (χ2n) is 6.27. The van der Waals surface area contributed by atoms with Crippen molar-refractivity contribution in [3.05, 3.63) is 0 Å². The predicted octanol–water partition coefficient (Wildman–Crippen LogP) is 1.60. The highest BCUT2D eigenvalue weighted by Crippen LogP contribution is 2.20. The molecule has 4 heteroatoms. The van der Waals surface area contributed by atoms with Crippen LogP contribution in [0.4, 0.5) is 0 Å². The fourth-order valence-electron chi connectivity index (χ4n) is 2.79. The van der Waals surface area contributed by atoms with Gasteiger partial charge in [0.15, 0.2) is 0 Å². The molecule has 1 rings (SSSR count). The Hall–Kier alpha value is -0.610. The van der Waals surface area contributed by atoms with Crippen LogP contribution in [0.3, 0.4) is 0 Å². The van der Waals surface area contributed by atoms with Crippen molar-refractivity contribution in [2.24, 2.45) is 17.6 Å². The summed E-state index contributed by atoms with van der Waals surface area (Å²) in [5.74, 6) is 1.41. The molecule has 1 amide bonds. The third-order valence-corrected chi connectivity index (χ3v) is 4.31. The minimum Gasteiger partial charge on any atom is -0.353 e. The number of amides is 1. The molecular formula is C15H31N3O. The molecule has 1 atom stereocenters. The van der Waals surface area contributed by atoms with Crippen LogP contribution in [0.2, 0.25) is 0 Å². The Kier molecular flexibility index (Phi) is 7.39. The fourth-order valence-corrected chi connectivity index (χ4v) is 2.79. The molecule has 0 spiro atoms. The predicted molar refractivity (Wildman–Crippen MR) is 79.9 cm³/mol. The molecule has 1 unspecified atom stereocenters. The second-order valence-corrected chi connectivity index (χ2v) is 6.27. The Bertz CT molecular complexity index is 260. The topological polar surface area (TPSA) is 58.4 Å². The Morgan fingerprint density at radius 1 is 1.32 bits per heavy atom. The number of nitrogens with two attached hydrogens (primary N) is 1. The average molecular weight is 269 g/mol. The summed E-state index contributed by atoms with van der Waals surface area (Å²) in [6.07, 6.45) is 4.80. The standard InChI is InChI=1S/C15H31N3O/c1-12(2)13(6-9-16)4-5-15(19)17-14-7-10-18(3)11-8-14/h12-14H,4-11,16H2,1-3H3,(H,17,19). The third-order valence-electron chi connectivity index (χ3n) is 4.31. The first kappa shape index (κ1) is 16.4. The van der Waals surface area contributed by atoms with Gasteiger partial charge in [-0.05, 0) is 64.2 Å². The number of hydrogen-bond acceptors (Lipinski definition) is 3. The van der Waals surface area contributed by atoms with Gasteiger partial charge >= 0.3 is 0 Å². The fraction of sp³-hybridized carbons (Fsp3) is 0.933. The van der Waals surface area contributed by atoms with Crippen molar-refractivity contribution in [2.75, 3.05) is 26.7 Å². The first-order valence-electron chi connectivity index (χ1n) is 7.71. The SMILES string of the molecule is CC(C)C(CCN)CCC(=O)NC1CCN(C)CC1. The second kappa shape index (κ2) is 8.54. The maximum atomic E-state index is 12.0. The smallest absolute Gasteiger partial charge is 0.220 e. The summed E-state index contributed by atoms with van der Waals surface area (Å²) >= 11 is 0. The van der Waals surface area contributed by atoms with Gasteiger partial charge in [0.2, 0.25) is 5.91 Å². The van der Waals surface area contributed by atoms with Crippen LogP contribution < -0.4 is 11.1 Å². The largest absolute Gasteiger partial charge is 0.353 e. The molecule has 0 aliphatic carbocycles. The van der Waals surface area contributed by atoms with Crippen LogP contribution in [0.15, 0.2) is 0 Å². The Morgan fingerprint density at radius 2 is 1.95 bits per heavy atom. The summed E-state index contributed by atoms with van der Waals surface area (Å²) in [5.41, 5.74) is 5.63.